The van der Waals surface area contributed by atoms with Crippen molar-refractivity contribution in [2.75, 3.05) is 0 Å². The summed E-state index contributed by atoms with van der Waals surface area (Å²) in [6.45, 7) is 1.83. The van der Waals surface area contributed by atoms with Crippen molar-refractivity contribution in [3.05, 3.63) is 69.8 Å². The van der Waals surface area contributed by atoms with E-state index in [4.69, 9.17) is 0 Å². The van der Waals surface area contributed by atoms with E-state index in [1.807, 2.05) is 31.3 Å². The van der Waals surface area contributed by atoms with E-state index in [1.54, 1.807) is 0 Å². The van der Waals surface area contributed by atoms with Crippen molar-refractivity contribution < 1.29 is 0 Å². The molecule has 4 nitrogen and oxygen atoms in total. The lowest BCUT2D eigenvalue weighted by Crippen LogP contribution is -2.14. The number of aromatic amines is 1. The zero-order valence-corrected chi connectivity index (χ0v) is 10.1. The van der Waals surface area contributed by atoms with Crippen molar-refractivity contribution in [3.8, 4) is 0 Å². The molecule has 0 radical (unpaired) electrons. The standard InChI is InChI=1S/C14H13N3O/c1-10-7-13(18)17-14(16-10)12(9-15-17)8-11-5-3-2-4-6-11/h2-7,9,15H,8H2,1H3. The van der Waals surface area contributed by atoms with Gasteiger partial charge in [-0.1, -0.05) is 30.3 Å². The lowest BCUT2D eigenvalue weighted by atomic mass is 10.1. The van der Waals surface area contributed by atoms with Gasteiger partial charge in [0, 0.05) is 29.9 Å². The number of aromatic nitrogens is 3. The van der Waals surface area contributed by atoms with Crippen molar-refractivity contribution in [2.45, 2.75) is 13.3 Å². The molecule has 0 saturated carbocycles. The van der Waals surface area contributed by atoms with Crippen LogP contribution in [0.5, 0.6) is 0 Å². The summed E-state index contributed by atoms with van der Waals surface area (Å²) in [7, 11) is 0. The number of benzene rings is 1. The molecule has 18 heavy (non-hydrogen) atoms. The van der Waals surface area contributed by atoms with Gasteiger partial charge in [-0.2, -0.15) is 0 Å². The van der Waals surface area contributed by atoms with E-state index in [2.05, 4.69) is 22.2 Å². The Kier molecular flexibility index (Phi) is 2.48. The van der Waals surface area contributed by atoms with Crippen LogP contribution in [0.4, 0.5) is 0 Å². The van der Waals surface area contributed by atoms with Gasteiger partial charge in [-0.15, -0.1) is 0 Å². The highest BCUT2D eigenvalue weighted by Gasteiger charge is 2.07. The van der Waals surface area contributed by atoms with Crippen molar-refractivity contribution in [3.63, 3.8) is 0 Å². The minimum Gasteiger partial charge on any atom is -0.297 e. The number of H-pyrrole nitrogens is 1. The maximum Gasteiger partial charge on any atom is 0.272 e. The molecule has 0 spiro atoms. The highest BCUT2D eigenvalue weighted by atomic mass is 16.1. The third kappa shape index (κ3) is 1.82. The monoisotopic (exact) mass is 239 g/mol. The van der Waals surface area contributed by atoms with Crippen LogP contribution < -0.4 is 5.56 Å². The van der Waals surface area contributed by atoms with E-state index in [9.17, 15) is 4.79 Å². The Balaban J connectivity index is 2.11. The summed E-state index contributed by atoms with van der Waals surface area (Å²) in [6.07, 6.45) is 2.61. The van der Waals surface area contributed by atoms with Gasteiger partial charge in [0.2, 0.25) is 0 Å². The molecule has 0 aliphatic carbocycles. The van der Waals surface area contributed by atoms with Crippen molar-refractivity contribution in [1.82, 2.24) is 14.6 Å². The van der Waals surface area contributed by atoms with Crippen LogP contribution >= 0.6 is 0 Å². The van der Waals surface area contributed by atoms with Gasteiger partial charge in [0.25, 0.3) is 5.56 Å². The maximum absolute atomic E-state index is 11.8. The summed E-state index contributed by atoms with van der Waals surface area (Å²) < 4.78 is 1.48. The molecule has 0 aliphatic rings. The molecule has 0 aliphatic heterocycles. The SMILES string of the molecule is Cc1cc(=O)n2[nH]cc(Cc3ccccc3)c2n1. The molecule has 0 atom stereocenters. The fraction of sp³-hybridized carbons (Fsp3) is 0.143. The molecule has 90 valence electrons. The molecular weight excluding hydrogens is 226 g/mol. The number of rotatable bonds is 2. The molecule has 0 bridgehead atoms. The van der Waals surface area contributed by atoms with Gasteiger partial charge < -0.3 is 0 Å². The quantitative estimate of drug-likeness (QED) is 0.742. The molecule has 3 rings (SSSR count). The average Bonchev–Trinajstić information content (AvgIpc) is 2.74. The van der Waals surface area contributed by atoms with Gasteiger partial charge in [-0.05, 0) is 12.5 Å². The fourth-order valence-corrected chi connectivity index (χ4v) is 2.09. The molecule has 1 aromatic carbocycles. The van der Waals surface area contributed by atoms with E-state index >= 15 is 0 Å². The Morgan fingerprint density at radius 1 is 1.28 bits per heavy atom. The second kappa shape index (κ2) is 4.14. The van der Waals surface area contributed by atoms with Gasteiger partial charge in [0.1, 0.15) is 0 Å². The summed E-state index contributed by atoms with van der Waals surface area (Å²) in [4.78, 5) is 16.2. The third-order valence-corrected chi connectivity index (χ3v) is 2.94. The first kappa shape index (κ1) is 10.8. The lowest BCUT2D eigenvalue weighted by molar-refractivity contribution is 0.889. The summed E-state index contributed by atoms with van der Waals surface area (Å²) in [5.41, 5.74) is 3.62. The first-order valence-electron chi connectivity index (χ1n) is 5.84. The van der Waals surface area contributed by atoms with Crippen molar-refractivity contribution in [2.24, 2.45) is 0 Å². The molecule has 2 aromatic heterocycles. The predicted octanol–water partition coefficient (Wildman–Crippen LogP) is 1.92. The molecule has 0 unspecified atom stereocenters. The first-order chi connectivity index (χ1) is 8.74. The number of aryl methyl sites for hydroxylation is 1. The minimum absolute atomic E-state index is 0.0724. The van der Waals surface area contributed by atoms with Gasteiger partial charge in [-0.3, -0.25) is 9.89 Å². The summed E-state index contributed by atoms with van der Waals surface area (Å²) in [5.74, 6) is 0. The van der Waals surface area contributed by atoms with Crippen LogP contribution in [0.25, 0.3) is 5.65 Å². The van der Waals surface area contributed by atoms with Gasteiger partial charge >= 0.3 is 0 Å². The predicted molar refractivity (Wildman–Crippen MR) is 69.8 cm³/mol. The molecule has 0 fully saturated rings. The summed E-state index contributed by atoms with van der Waals surface area (Å²) in [6, 6.07) is 11.7. The lowest BCUT2D eigenvalue weighted by Gasteiger charge is -2.00. The van der Waals surface area contributed by atoms with Crippen LogP contribution in [0.15, 0.2) is 47.4 Å². The molecular formula is C14H13N3O. The Morgan fingerprint density at radius 3 is 2.83 bits per heavy atom. The molecule has 0 amide bonds. The largest absolute Gasteiger partial charge is 0.297 e. The smallest absolute Gasteiger partial charge is 0.272 e. The summed E-state index contributed by atoms with van der Waals surface area (Å²) in [5, 5.41) is 2.95. The van der Waals surface area contributed by atoms with Crippen LogP contribution in [0.2, 0.25) is 0 Å². The first-order valence-corrected chi connectivity index (χ1v) is 5.84. The van der Waals surface area contributed by atoms with Gasteiger partial charge in [0.15, 0.2) is 5.65 Å². The van der Waals surface area contributed by atoms with Crippen molar-refractivity contribution >= 4 is 5.65 Å². The van der Waals surface area contributed by atoms with Crippen LogP contribution in [0, 0.1) is 6.92 Å². The minimum atomic E-state index is -0.0724. The van der Waals surface area contributed by atoms with Crippen molar-refractivity contribution in [1.29, 1.82) is 0 Å². The third-order valence-electron chi connectivity index (χ3n) is 2.94. The van der Waals surface area contributed by atoms with Crippen LogP contribution in [-0.2, 0) is 6.42 Å². The summed E-state index contributed by atoms with van der Waals surface area (Å²) >= 11 is 0. The highest BCUT2D eigenvalue weighted by Crippen LogP contribution is 2.12. The average molecular weight is 239 g/mol. The van der Waals surface area contributed by atoms with Crippen LogP contribution in [0.3, 0.4) is 0 Å². The van der Waals surface area contributed by atoms with E-state index in [0.29, 0.717) is 5.65 Å². The number of fused-ring (bicyclic) bond motifs is 1. The highest BCUT2D eigenvalue weighted by molar-refractivity contribution is 5.48. The number of nitrogens with zero attached hydrogens (tertiary/aromatic N) is 2. The Hall–Kier alpha value is -2.36. The van der Waals surface area contributed by atoms with Crippen LogP contribution in [0.1, 0.15) is 16.8 Å². The van der Waals surface area contributed by atoms with E-state index < -0.39 is 0 Å². The Morgan fingerprint density at radius 2 is 2.06 bits per heavy atom. The fourth-order valence-electron chi connectivity index (χ4n) is 2.09. The van der Waals surface area contributed by atoms with E-state index in [1.165, 1.54) is 16.1 Å². The number of hydrogen-bond donors (Lipinski definition) is 1. The normalized spacial score (nSPS) is 10.9. The maximum atomic E-state index is 11.8. The second-order valence-electron chi connectivity index (χ2n) is 4.36. The molecule has 1 N–H and O–H groups in total. The molecule has 2 heterocycles. The zero-order chi connectivity index (χ0) is 12.5. The van der Waals surface area contributed by atoms with E-state index in [-0.39, 0.29) is 5.56 Å². The number of nitrogens with one attached hydrogen (secondary N) is 1. The topological polar surface area (TPSA) is 50.2 Å². The van der Waals surface area contributed by atoms with Gasteiger partial charge in [-0.25, -0.2) is 9.50 Å². The zero-order valence-electron chi connectivity index (χ0n) is 10.1. The van der Waals surface area contributed by atoms with Gasteiger partial charge in [0.05, 0.1) is 0 Å². The molecule has 4 heteroatoms. The van der Waals surface area contributed by atoms with E-state index in [0.717, 1.165) is 17.7 Å². The van der Waals surface area contributed by atoms with Crippen LogP contribution in [-0.4, -0.2) is 14.6 Å². The molecule has 0 saturated heterocycles. The number of hydrogen-bond acceptors (Lipinski definition) is 2. The Labute approximate surface area is 104 Å². The second-order valence-corrected chi connectivity index (χ2v) is 4.36. The Bertz CT molecular complexity index is 741. The molecule has 3 aromatic rings.